The Morgan fingerprint density at radius 1 is 1.19 bits per heavy atom. The molecule has 3 aromatic rings. The van der Waals surface area contributed by atoms with Crippen molar-refractivity contribution in [3.8, 4) is 0 Å². The van der Waals surface area contributed by atoms with Crippen molar-refractivity contribution >= 4 is 28.3 Å². The number of anilines is 2. The summed E-state index contributed by atoms with van der Waals surface area (Å²) in [5, 5.41) is 4.16. The van der Waals surface area contributed by atoms with E-state index in [0.717, 1.165) is 35.2 Å². The first-order valence-electron chi connectivity index (χ1n) is 8.94. The summed E-state index contributed by atoms with van der Waals surface area (Å²) in [5.74, 6) is 0. The number of hydrogen-bond donors (Lipinski definition) is 1. The summed E-state index contributed by atoms with van der Waals surface area (Å²) in [4.78, 5) is 14.9. The number of ether oxygens (including phenoxy) is 1. The maximum absolute atomic E-state index is 13.0. The van der Waals surface area contributed by atoms with Crippen LogP contribution in [0.5, 0.6) is 0 Å². The molecule has 1 aliphatic heterocycles. The predicted octanol–water partition coefficient (Wildman–Crippen LogP) is 4.27. The minimum atomic E-state index is -0.0860. The first-order valence-corrected chi connectivity index (χ1v) is 8.94. The van der Waals surface area contributed by atoms with Crippen molar-refractivity contribution in [2.24, 2.45) is 0 Å². The maximum atomic E-state index is 13.0. The molecule has 2 aromatic carbocycles. The predicted molar refractivity (Wildman–Crippen MR) is 105 cm³/mol. The third-order valence-corrected chi connectivity index (χ3v) is 4.99. The zero-order chi connectivity index (χ0) is 18.1. The fraction of sp³-hybridized carbons (Fsp3) is 0.286. The van der Waals surface area contributed by atoms with E-state index in [1.165, 1.54) is 5.56 Å². The van der Waals surface area contributed by atoms with Gasteiger partial charge < -0.3 is 14.6 Å². The Labute approximate surface area is 153 Å². The first-order chi connectivity index (χ1) is 12.7. The quantitative estimate of drug-likeness (QED) is 0.764. The Bertz CT molecular complexity index is 947. The van der Waals surface area contributed by atoms with Gasteiger partial charge in [0.25, 0.3) is 0 Å². The van der Waals surface area contributed by atoms with Gasteiger partial charge in [-0.1, -0.05) is 36.4 Å². The highest BCUT2D eigenvalue weighted by atomic mass is 16.5. The average Bonchev–Trinajstić information content (AvgIpc) is 3.17. The van der Waals surface area contributed by atoms with Gasteiger partial charge in [-0.15, -0.1) is 0 Å². The fourth-order valence-electron chi connectivity index (χ4n) is 3.77. The molecular weight excluding hydrogens is 326 g/mol. The fourth-order valence-corrected chi connectivity index (χ4v) is 3.77. The van der Waals surface area contributed by atoms with Crippen molar-refractivity contribution in [2.45, 2.75) is 25.9 Å². The SMILES string of the molecule is COCCn1cc(NC(=O)N2c3ccccc3C[C@@H]2C)c2ccccc21. The highest BCUT2D eigenvalue weighted by Gasteiger charge is 2.31. The van der Waals surface area contributed by atoms with Crippen LogP contribution < -0.4 is 10.2 Å². The Hall–Kier alpha value is -2.79. The van der Waals surface area contributed by atoms with Crippen LogP contribution in [0.2, 0.25) is 0 Å². The normalized spacial score (nSPS) is 16.1. The number of amides is 2. The van der Waals surface area contributed by atoms with Crippen molar-refractivity contribution in [3.05, 3.63) is 60.3 Å². The number of nitrogens with zero attached hydrogens (tertiary/aromatic N) is 2. The number of rotatable bonds is 4. The van der Waals surface area contributed by atoms with Gasteiger partial charge >= 0.3 is 6.03 Å². The van der Waals surface area contributed by atoms with E-state index in [4.69, 9.17) is 4.74 Å². The minimum Gasteiger partial charge on any atom is -0.383 e. The molecule has 0 fully saturated rings. The summed E-state index contributed by atoms with van der Waals surface area (Å²) in [5.41, 5.74) is 4.14. The van der Waals surface area contributed by atoms with E-state index < -0.39 is 0 Å². The van der Waals surface area contributed by atoms with Crippen molar-refractivity contribution in [3.63, 3.8) is 0 Å². The molecule has 1 N–H and O–H groups in total. The number of urea groups is 1. The highest BCUT2D eigenvalue weighted by molar-refractivity contribution is 6.08. The highest BCUT2D eigenvalue weighted by Crippen LogP contribution is 2.33. The largest absolute Gasteiger partial charge is 0.383 e. The summed E-state index contributed by atoms with van der Waals surface area (Å²) in [6, 6.07) is 16.3. The maximum Gasteiger partial charge on any atom is 0.326 e. The summed E-state index contributed by atoms with van der Waals surface area (Å²) in [7, 11) is 1.70. The van der Waals surface area contributed by atoms with Crippen molar-refractivity contribution < 1.29 is 9.53 Å². The number of carbonyl (C=O) groups excluding carboxylic acids is 1. The number of methoxy groups -OCH3 is 1. The third kappa shape index (κ3) is 2.84. The second-order valence-corrected chi connectivity index (χ2v) is 6.73. The van der Waals surface area contributed by atoms with Crippen LogP contribution in [0.3, 0.4) is 0 Å². The molecule has 4 rings (SSSR count). The number of hydrogen-bond acceptors (Lipinski definition) is 2. The lowest BCUT2D eigenvalue weighted by Crippen LogP contribution is -2.39. The second-order valence-electron chi connectivity index (χ2n) is 6.73. The third-order valence-electron chi connectivity index (χ3n) is 4.99. The molecule has 0 aliphatic carbocycles. The molecule has 134 valence electrons. The van der Waals surface area contributed by atoms with E-state index in [1.54, 1.807) is 7.11 Å². The molecule has 1 atom stereocenters. The average molecular weight is 349 g/mol. The van der Waals surface area contributed by atoms with E-state index in [1.807, 2.05) is 47.5 Å². The molecule has 26 heavy (non-hydrogen) atoms. The minimum absolute atomic E-state index is 0.0860. The van der Waals surface area contributed by atoms with Gasteiger partial charge in [0.15, 0.2) is 0 Å². The number of fused-ring (bicyclic) bond motifs is 2. The van der Waals surface area contributed by atoms with Crippen LogP contribution in [-0.4, -0.2) is 30.4 Å². The molecule has 1 aliphatic rings. The van der Waals surface area contributed by atoms with Gasteiger partial charge in [0, 0.05) is 37.0 Å². The molecule has 0 radical (unpaired) electrons. The Morgan fingerprint density at radius 3 is 2.81 bits per heavy atom. The molecular formula is C21H23N3O2. The molecule has 0 unspecified atom stereocenters. The number of carbonyl (C=O) groups is 1. The van der Waals surface area contributed by atoms with Crippen LogP contribution in [0, 0.1) is 0 Å². The van der Waals surface area contributed by atoms with Crippen LogP contribution in [0.25, 0.3) is 10.9 Å². The lowest BCUT2D eigenvalue weighted by molar-refractivity contribution is 0.188. The van der Waals surface area contributed by atoms with Crippen molar-refractivity contribution in [2.75, 3.05) is 23.9 Å². The Kier molecular flexibility index (Phi) is 4.39. The van der Waals surface area contributed by atoms with Crippen LogP contribution in [-0.2, 0) is 17.7 Å². The van der Waals surface area contributed by atoms with Crippen LogP contribution in [0.4, 0.5) is 16.2 Å². The second kappa shape index (κ2) is 6.84. The van der Waals surface area contributed by atoms with Gasteiger partial charge in [-0.05, 0) is 31.0 Å². The van der Waals surface area contributed by atoms with Gasteiger partial charge in [-0.25, -0.2) is 4.79 Å². The van der Waals surface area contributed by atoms with Gasteiger partial charge in [-0.2, -0.15) is 0 Å². The zero-order valence-corrected chi connectivity index (χ0v) is 15.1. The molecule has 0 spiro atoms. The number of benzene rings is 2. The summed E-state index contributed by atoms with van der Waals surface area (Å²) >= 11 is 0. The summed E-state index contributed by atoms with van der Waals surface area (Å²) < 4.78 is 7.32. The number of aromatic nitrogens is 1. The van der Waals surface area contributed by atoms with Crippen molar-refractivity contribution in [1.82, 2.24) is 4.57 Å². The van der Waals surface area contributed by atoms with E-state index in [-0.39, 0.29) is 12.1 Å². The summed E-state index contributed by atoms with van der Waals surface area (Å²) in [6.45, 7) is 3.46. The molecule has 0 saturated carbocycles. The lowest BCUT2D eigenvalue weighted by Gasteiger charge is -2.22. The monoisotopic (exact) mass is 349 g/mol. The molecule has 5 heteroatoms. The van der Waals surface area contributed by atoms with E-state index in [0.29, 0.717) is 6.61 Å². The summed E-state index contributed by atoms with van der Waals surface area (Å²) in [6.07, 6.45) is 2.88. The van der Waals surface area contributed by atoms with Gasteiger partial charge in [0.1, 0.15) is 0 Å². The van der Waals surface area contributed by atoms with Crippen LogP contribution in [0.15, 0.2) is 54.7 Å². The van der Waals surface area contributed by atoms with Crippen molar-refractivity contribution in [1.29, 1.82) is 0 Å². The van der Waals surface area contributed by atoms with E-state index in [2.05, 4.69) is 28.9 Å². The van der Waals surface area contributed by atoms with Gasteiger partial charge in [-0.3, -0.25) is 4.90 Å². The smallest absolute Gasteiger partial charge is 0.326 e. The van der Waals surface area contributed by atoms with Crippen LogP contribution >= 0.6 is 0 Å². The van der Waals surface area contributed by atoms with E-state index >= 15 is 0 Å². The zero-order valence-electron chi connectivity index (χ0n) is 15.1. The Morgan fingerprint density at radius 2 is 1.96 bits per heavy atom. The molecule has 0 bridgehead atoms. The molecule has 0 saturated heterocycles. The first kappa shape index (κ1) is 16.7. The van der Waals surface area contributed by atoms with Crippen LogP contribution in [0.1, 0.15) is 12.5 Å². The molecule has 1 aromatic heterocycles. The lowest BCUT2D eigenvalue weighted by atomic mass is 10.1. The standard InChI is InChI=1S/C21H23N3O2/c1-15-13-16-7-3-5-9-19(16)24(15)21(25)22-18-14-23(11-12-26-2)20-10-6-4-8-17(18)20/h3-10,14-15H,11-13H2,1-2H3,(H,22,25)/t15-/m0/s1. The molecule has 2 amide bonds. The number of nitrogens with one attached hydrogen (secondary N) is 1. The molecule has 2 heterocycles. The van der Waals surface area contributed by atoms with E-state index in [9.17, 15) is 4.79 Å². The van der Waals surface area contributed by atoms with Gasteiger partial charge in [0.2, 0.25) is 0 Å². The number of para-hydroxylation sites is 2. The molecule has 5 nitrogen and oxygen atoms in total. The topological polar surface area (TPSA) is 46.5 Å². The van der Waals surface area contributed by atoms with Gasteiger partial charge in [0.05, 0.1) is 17.8 Å². The Balaban J connectivity index is 1.64.